The normalized spacial score (nSPS) is 10.6. The Balaban J connectivity index is 2.17. The second-order valence-electron chi connectivity index (χ2n) is 4.35. The molecule has 1 aromatic carbocycles. The molecule has 0 spiro atoms. The van der Waals surface area contributed by atoms with Gasteiger partial charge in [-0.15, -0.1) is 11.6 Å². The first-order chi connectivity index (χ1) is 9.83. The number of nitrogens with zero attached hydrogens (tertiary/aromatic N) is 4. The summed E-state index contributed by atoms with van der Waals surface area (Å²) in [6.07, 6.45) is 1.76. The molecular formula is C15H11ClN4. The van der Waals surface area contributed by atoms with Crippen LogP contribution in [0.25, 0.3) is 11.0 Å². The Hall–Kier alpha value is -2.38. The third-order valence-corrected chi connectivity index (χ3v) is 3.38. The molecule has 0 bridgehead atoms. The summed E-state index contributed by atoms with van der Waals surface area (Å²) in [5, 5.41) is 9.15. The quantitative estimate of drug-likeness (QED) is 0.694. The summed E-state index contributed by atoms with van der Waals surface area (Å²) in [6.45, 7) is 0.592. The number of fused-ring (bicyclic) bond motifs is 1. The SMILES string of the molecule is N#Cc1cccc2c1nc(CCl)n2Cc1ccccn1. The van der Waals surface area contributed by atoms with E-state index in [2.05, 4.69) is 16.0 Å². The Kier molecular flexibility index (Phi) is 3.36. The van der Waals surface area contributed by atoms with Gasteiger partial charge in [0.2, 0.25) is 0 Å². The van der Waals surface area contributed by atoms with Crippen molar-refractivity contribution < 1.29 is 0 Å². The van der Waals surface area contributed by atoms with Gasteiger partial charge in [-0.25, -0.2) is 4.98 Å². The molecule has 0 N–H and O–H groups in total. The molecule has 3 aromatic rings. The van der Waals surface area contributed by atoms with Gasteiger partial charge >= 0.3 is 0 Å². The van der Waals surface area contributed by atoms with Crippen molar-refractivity contribution in [3.05, 3.63) is 59.7 Å². The third kappa shape index (κ3) is 2.13. The molecule has 2 aromatic heterocycles. The van der Waals surface area contributed by atoms with E-state index >= 15 is 0 Å². The van der Waals surface area contributed by atoms with Gasteiger partial charge in [-0.2, -0.15) is 5.26 Å². The first kappa shape index (κ1) is 12.6. The van der Waals surface area contributed by atoms with E-state index in [1.807, 2.05) is 34.9 Å². The van der Waals surface area contributed by atoms with Gasteiger partial charge in [0.05, 0.1) is 29.2 Å². The summed E-state index contributed by atoms with van der Waals surface area (Å²) >= 11 is 5.98. The van der Waals surface area contributed by atoms with E-state index in [9.17, 15) is 0 Å². The van der Waals surface area contributed by atoms with Crippen LogP contribution in [0.3, 0.4) is 0 Å². The molecule has 0 saturated carbocycles. The number of pyridine rings is 1. The maximum atomic E-state index is 9.15. The molecular weight excluding hydrogens is 272 g/mol. The van der Waals surface area contributed by atoms with Gasteiger partial charge < -0.3 is 4.57 Å². The number of hydrogen-bond donors (Lipinski definition) is 0. The number of rotatable bonds is 3. The first-order valence-electron chi connectivity index (χ1n) is 6.17. The Bertz CT molecular complexity index is 787. The van der Waals surface area contributed by atoms with Gasteiger partial charge in [0.1, 0.15) is 17.4 Å². The zero-order valence-corrected chi connectivity index (χ0v) is 11.4. The highest BCUT2D eigenvalue weighted by molar-refractivity contribution is 6.16. The second-order valence-corrected chi connectivity index (χ2v) is 4.62. The van der Waals surface area contributed by atoms with Crippen LogP contribution in [0, 0.1) is 11.3 Å². The molecule has 20 heavy (non-hydrogen) atoms. The van der Waals surface area contributed by atoms with E-state index in [1.54, 1.807) is 12.3 Å². The van der Waals surface area contributed by atoms with Gasteiger partial charge in [-0.1, -0.05) is 12.1 Å². The maximum Gasteiger partial charge on any atom is 0.125 e. The molecule has 4 nitrogen and oxygen atoms in total. The lowest BCUT2D eigenvalue weighted by molar-refractivity contribution is 0.758. The summed E-state index contributed by atoms with van der Waals surface area (Å²) < 4.78 is 2.01. The number of halogens is 1. The van der Waals surface area contributed by atoms with Crippen LogP contribution in [0.1, 0.15) is 17.1 Å². The average Bonchev–Trinajstić information content (AvgIpc) is 2.86. The molecule has 2 heterocycles. The van der Waals surface area contributed by atoms with Gasteiger partial charge in [-0.3, -0.25) is 4.98 Å². The number of aromatic nitrogens is 3. The lowest BCUT2D eigenvalue weighted by Gasteiger charge is -2.07. The molecule has 5 heteroatoms. The van der Waals surface area contributed by atoms with Gasteiger partial charge in [-0.05, 0) is 24.3 Å². The standard InChI is InChI=1S/C15H11ClN4/c16-8-14-19-15-11(9-17)4-3-6-13(15)20(14)10-12-5-1-2-7-18-12/h1-7H,8,10H2. The molecule has 0 aliphatic rings. The predicted octanol–water partition coefficient (Wildman–Crippen LogP) is 3.09. The average molecular weight is 283 g/mol. The number of alkyl halides is 1. The van der Waals surface area contributed by atoms with Crippen LogP contribution >= 0.6 is 11.6 Å². The van der Waals surface area contributed by atoms with Gasteiger partial charge in [0, 0.05) is 6.20 Å². The monoisotopic (exact) mass is 282 g/mol. The van der Waals surface area contributed by atoms with E-state index < -0.39 is 0 Å². The van der Waals surface area contributed by atoms with Crippen LogP contribution in [-0.2, 0) is 12.4 Å². The van der Waals surface area contributed by atoms with Crippen molar-refractivity contribution in [1.82, 2.24) is 14.5 Å². The number of para-hydroxylation sites is 1. The van der Waals surface area contributed by atoms with Crippen LogP contribution < -0.4 is 0 Å². The molecule has 98 valence electrons. The fourth-order valence-electron chi connectivity index (χ4n) is 2.22. The van der Waals surface area contributed by atoms with Crippen LogP contribution in [0.5, 0.6) is 0 Å². The van der Waals surface area contributed by atoms with Crippen LogP contribution in [0.2, 0.25) is 0 Å². The van der Waals surface area contributed by atoms with Crippen molar-refractivity contribution in [3.8, 4) is 6.07 Å². The maximum absolute atomic E-state index is 9.15. The van der Waals surface area contributed by atoms with Crippen LogP contribution in [0.4, 0.5) is 0 Å². The molecule has 0 fully saturated rings. The van der Waals surface area contributed by atoms with Crippen LogP contribution in [0.15, 0.2) is 42.6 Å². The zero-order valence-electron chi connectivity index (χ0n) is 10.6. The second kappa shape index (κ2) is 5.32. The van der Waals surface area contributed by atoms with E-state index in [0.717, 1.165) is 17.0 Å². The smallest absolute Gasteiger partial charge is 0.125 e. The Morgan fingerprint density at radius 1 is 1.20 bits per heavy atom. The number of imidazole rings is 1. The summed E-state index contributed by atoms with van der Waals surface area (Å²) in [6, 6.07) is 13.5. The Morgan fingerprint density at radius 3 is 2.80 bits per heavy atom. The minimum absolute atomic E-state index is 0.298. The van der Waals surface area contributed by atoms with Crippen molar-refractivity contribution in [1.29, 1.82) is 5.26 Å². The topological polar surface area (TPSA) is 54.5 Å². The van der Waals surface area contributed by atoms with Crippen LogP contribution in [-0.4, -0.2) is 14.5 Å². The Morgan fingerprint density at radius 2 is 2.10 bits per heavy atom. The third-order valence-electron chi connectivity index (χ3n) is 3.14. The van der Waals surface area contributed by atoms with Gasteiger partial charge in [0.25, 0.3) is 0 Å². The molecule has 0 atom stereocenters. The van der Waals surface area contributed by atoms with Gasteiger partial charge in [0.15, 0.2) is 0 Å². The predicted molar refractivity (Wildman–Crippen MR) is 77.3 cm³/mol. The molecule has 0 aliphatic heterocycles. The van der Waals surface area contributed by atoms with Crippen molar-refractivity contribution in [2.75, 3.05) is 0 Å². The molecule has 0 saturated heterocycles. The molecule has 0 radical (unpaired) electrons. The first-order valence-corrected chi connectivity index (χ1v) is 6.71. The fourth-order valence-corrected chi connectivity index (χ4v) is 2.42. The van der Waals surface area contributed by atoms with Crippen molar-refractivity contribution in [2.24, 2.45) is 0 Å². The Labute approximate surface area is 121 Å². The van der Waals surface area contributed by atoms with E-state index in [-0.39, 0.29) is 0 Å². The van der Waals surface area contributed by atoms with Crippen molar-refractivity contribution >= 4 is 22.6 Å². The lowest BCUT2D eigenvalue weighted by Crippen LogP contribution is -2.05. The minimum atomic E-state index is 0.298. The zero-order chi connectivity index (χ0) is 13.9. The number of hydrogen-bond acceptors (Lipinski definition) is 3. The summed E-state index contributed by atoms with van der Waals surface area (Å²) in [7, 11) is 0. The minimum Gasteiger partial charge on any atom is -0.321 e. The summed E-state index contributed by atoms with van der Waals surface area (Å²) in [5.41, 5.74) is 3.10. The summed E-state index contributed by atoms with van der Waals surface area (Å²) in [5.74, 6) is 1.04. The van der Waals surface area contributed by atoms with E-state index in [4.69, 9.17) is 16.9 Å². The number of benzene rings is 1. The number of nitriles is 1. The molecule has 0 aliphatic carbocycles. The highest BCUT2D eigenvalue weighted by atomic mass is 35.5. The largest absolute Gasteiger partial charge is 0.321 e. The highest BCUT2D eigenvalue weighted by Crippen LogP contribution is 2.21. The lowest BCUT2D eigenvalue weighted by atomic mass is 10.2. The van der Waals surface area contributed by atoms with Crippen molar-refractivity contribution in [2.45, 2.75) is 12.4 Å². The molecule has 3 rings (SSSR count). The fraction of sp³-hybridized carbons (Fsp3) is 0.133. The highest BCUT2D eigenvalue weighted by Gasteiger charge is 2.13. The molecule has 0 amide bonds. The summed E-state index contributed by atoms with van der Waals surface area (Å²) in [4.78, 5) is 8.80. The molecule has 0 unspecified atom stereocenters. The van der Waals surface area contributed by atoms with Crippen molar-refractivity contribution in [3.63, 3.8) is 0 Å². The van der Waals surface area contributed by atoms with E-state index in [0.29, 0.717) is 23.5 Å². The van der Waals surface area contributed by atoms with E-state index in [1.165, 1.54) is 0 Å².